The van der Waals surface area contributed by atoms with E-state index in [1.807, 2.05) is 6.08 Å². The van der Waals surface area contributed by atoms with Crippen LogP contribution in [0.3, 0.4) is 0 Å². The molecule has 0 saturated heterocycles. The third-order valence-corrected chi connectivity index (χ3v) is 6.04. The lowest BCUT2D eigenvalue weighted by Crippen LogP contribution is -2.48. The standard InChI is InChI=1S/C28H53NO4/c1-3-5-7-9-11-13-15-17-19-21-23-27(32)28(33)29-25(24-30)26(31)22-20-18-16-14-12-10-8-6-4-2/h9,11,20,22,25-27,30-32H,3-8,10,12-19,21,23-24H2,1-2H3,(H,29,33)/b11-9-,22-20+. The van der Waals surface area contributed by atoms with E-state index in [2.05, 4.69) is 31.3 Å². The van der Waals surface area contributed by atoms with E-state index in [0.717, 1.165) is 51.4 Å². The molecule has 0 heterocycles. The minimum Gasteiger partial charge on any atom is -0.394 e. The van der Waals surface area contributed by atoms with E-state index in [0.29, 0.717) is 6.42 Å². The largest absolute Gasteiger partial charge is 0.394 e. The summed E-state index contributed by atoms with van der Waals surface area (Å²) in [5, 5.41) is 32.5. The molecule has 0 aliphatic heterocycles. The smallest absolute Gasteiger partial charge is 0.249 e. The van der Waals surface area contributed by atoms with Crippen molar-refractivity contribution in [2.45, 2.75) is 141 Å². The summed E-state index contributed by atoms with van der Waals surface area (Å²) in [5.41, 5.74) is 0. The number of nitrogens with one attached hydrogen (secondary N) is 1. The van der Waals surface area contributed by atoms with Crippen LogP contribution in [0.5, 0.6) is 0 Å². The first-order valence-electron chi connectivity index (χ1n) is 13.7. The van der Waals surface area contributed by atoms with Crippen LogP contribution in [0.15, 0.2) is 24.3 Å². The fourth-order valence-corrected chi connectivity index (χ4v) is 3.75. The van der Waals surface area contributed by atoms with Gasteiger partial charge < -0.3 is 20.6 Å². The van der Waals surface area contributed by atoms with E-state index in [4.69, 9.17) is 0 Å². The van der Waals surface area contributed by atoms with Crippen LogP contribution in [0.25, 0.3) is 0 Å². The first-order valence-corrected chi connectivity index (χ1v) is 13.7. The molecule has 4 N–H and O–H groups in total. The highest BCUT2D eigenvalue weighted by Crippen LogP contribution is 2.11. The zero-order chi connectivity index (χ0) is 24.6. The third-order valence-electron chi connectivity index (χ3n) is 6.04. The number of unbranched alkanes of at least 4 members (excludes halogenated alkanes) is 13. The van der Waals surface area contributed by atoms with E-state index in [1.165, 1.54) is 51.4 Å². The molecule has 3 atom stereocenters. The highest BCUT2D eigenvalue weighted by atomic mass is 16.3. The molecule has 0 aromatic carbocycles. The van der Waals surface area contributed by atoms with E-state index < -0.39 is 24.2 Å². The summed E-state index contributed by atoms with van der Waals surface area (Å²) in [4.78, 5) is 12.2. The average Bonchev–Trinajstić information content (AvgIpc) is 2.82. The minimum absolute atomic E-state index is 0.368. The van der Waals surface area contributed by atoms with Gasteiger partial charge in [-0.15, -0.1) is 0 Å². The lowest BCUT2D eigenvalue weighted by atomic mass is 10.1. The van der Waals surface area contributed by atoms with Gasteiger partial charge in [-0.2, -0.15) is 0 Å². The molecule has 0 bridgehead atoms. The van der Waals surface area contributed by atoms with Crippen LogP contribution in [0.2, 0.25) is 0 Å². The summed E-state index contributed by atoms with van der Waals surface area (Å²) in [6.07, 6.45) is 24.7. The van der Waals surface area contributed by atoms with Crippen LogP contribution in [0.1, 0.15) is 123 Å². The fourth-order valence-electron chi connectivity index (χ4n) is 3.75. The Morgan fingerprint density at radius 2 is 1.24 bits per heavy atom. The molecule has 0 aliphatic rings. The normalized spacial score (nSPS) is 14.7. The van der Waals surface area contributed by atoms with Crippen LogP contribution >= 0.6 is 0 Å². The maximum absolute atomic E-state index is 12.2. The van der Waals surface area contributed by atoms with Crippen molar-refractivity contribution < 1.29 is 20.1 Å². The second-order valence-corrected chi connectivity index (χ2v) is 9.25. The van der Waals surface area contributed by atoms with Crippen LogP contribution < -0.4 is 5.32 Å². The van der Waals surface area contributed by atoms with Crippen molar-refractivity contribution in [3.05, 3.63) is 24.3 Å². The number of amides is 1. The summed E-state index contributed by atoms with van der Waals surface area (Å²) >= 11 is 0. The average molecular weight is 468 g/mol. The van der Waals surface area contributed by atoms with Crippen LogP contribution in [-0.2, 0) is 4.79 Å². The summed E-state index contributed by atoms with van der Waals surface area (Å²) in [5.74, 6) is -0.521. The molecular formula is C28H53NO4. The monoisotopic (exact) mass is 467 g/mol. The molecule has 0 aromatic heterocycles. The predicted octanol–water partition coefficient (Wildman–Crippen LogP) is 5.97. The Labute approximate surface area is 203 Å². The number of hydrogen-bond acceptors (Lipinski definition) is 4. The Hall–Kier alpha value is -1.17. The molecule has 0 fully saturated rings. The summed E-state index contributed by atoms with van der Waals surface area (Å²) < 4.78 is 0. The van der Waals surface area contributed by atoms with E-state index in [-0.39, 0.29) is 6.61 Å². The molecule has 0 aromatic rings. The Bertz CT molecular complexity index is 492. The number of aliphatic hydroxyl groups excluding tert-OH is 3. The van der Waals surface area contributed by atoms with Gasteiger partial charge in [-0.25, -0.2) is 0 Å². The van der Waals surface area contributed by atoms with Gasteiger partial charge in [0.05, 0.1) is 18.8 Å². The summed E-state index contributed by atoms with van der Waals surface area (Å²) in [6.45, 7) is 4.05. The van der Waals surface area contributed by atoms with E-state index in [1.54, 1.807) is 6.08 Å². The number of carbonyl (C=O) groups excluding carboxylic acids is 1. The van der Waals surface area contributed by atoms with Gasteiger partial charge in [0, 0.05) is 0 Å². The number of allylic oxidation sites excluding steroid dienone is 3. The summed E-state index contributed by atoms with van der Waals surface area (Å²) in [6, 6.07) is -0.795. The number of aliphatic hydroxyl groups is 3. The van der Waals surface area contributed by atoms with Gasteiger partial charge in [-0.3, -0.25) is 4.79 Å². The number of rotatable bonds is 23. The molecule has 0 aliphatic carbocycles. The quantitative estimate of drug-likeness (QED) is 0.110. The molecule has 1 amide bonds. The second kappa shape index (κ2) is 24.0. The van der Waals surface area contributed by atoms with Gasteiger partial charge in [0.2, 0.25) is 5.91 Å². The molecule has 5 nitrogen and oxygen atoms in total. The predicted molar refractivity (Wildman–Crippen MR) is 139 cm³/mol. The Balaban J connectivity index is 3.93. The zero-order valence-electron chi connectivity index (χ0n) is 21.5. The van der Waals surface area contributed by atoms with Crippen molar-refractivity contribution in [2.24, 2.45) is 0 Å². The minimum atomic E-state index is -1.10. The van der Waals surface area contributed by atoms with Gasteiger partial charge in [0.1, 0.15) is 6.10 Å². The molecule has 33 heavy (non-hydrogen) atoms. The molecular weight excluding hydrogens is 414 g/mol. The Morgan fingerprint density at radius 3 is 1.85 bits per heavy atom. The van der Waals surface area contributed by atoms with Crippen molar-refractivity contribution in [3.8, 4) is 0 Å². The maximum atomic E-state index is 12.2. The van der Waals surface area contributed by atoms with E-state index in [9.17, 15) is 20.1 Å². The molecule has 0 spiro atoms. The van der Waals surface area contributed by atoms with Gasteiger partial charge in [-0.1, -0.05) is 109 Å². The topological polar surface area (TPSA) is 89.8 Å². The van der Waals surface area contributed by atoms with Gasteiger partial charge in [-0.05, 0) is 38.5 Å². The molecule has 5 heteroatoms. The van der Waals surface area contributed by atoms with Crippen molar-refractivity contribution in [1.29, 1.82) is 0 Å². The van der Waals surface area contributed by atoms with Crippen molar-refractivity contribution >= 4 is 5.91 Å². The molecule has 0 rings (SSSR count). The summed E-state index contributed by atoms with van der Waals surface area (Å²) in [7, 11) is 0. The van der Waals surface area contributed by atoms with Gasteiger partial charge >= 0.3 is 0 Å². The lowest BCUT2D eigenvalue weighted by molar-refractivity contribution is -0.131. The first kappa shape index (κ1) is 31.8. The molecule has 0 saturated carbocycles. The lowest BCUT2D eigenvalue weighted by Gasteiger charge is -2.21. The number of carbonyl (C=O) groups is 1. The van der Waals surface area contributed by atoms with Crippen LogP contribution in [0, 0.1) is 0 Å². The van der Waals surface area contributed by atoms with Crippen molar-refractivity contribution in [3.63, 3.8) is 0 Å². The van der Waals surface area contributed by atoms with Crippen LogP contribution in [-0.4, -0.2) is 46.1 Å². The maximum Gasteiger partial charge on any atom is 0.249 e. The Kier molecular flexibility index (Phi) is 23.1. The van der Waals surface area contributed by atoms with Gasteiger partial charge in [0.25, 0.3) is 0 Å². The van der Waals surface area contributed by atoms with Crippen molar-refractivity contribution in [2.75, 3.05) is 6.61 Å². The van der Waals surface area contributed by atoms with Gasteiger partial charge in [0.15, 0.2) is 0 Å². The first-order chi connectivity index (χ1) is 16.1. The Morgan fingerprint density at radius 1 is 0.727 bits per heavy atom. The molecule has 3 unspecified atom stereocenters. The SMILES string of the molecule is CCCC/C=C\CCCCCCC(O)C(=O)NC(CO)C(O)/C=C/CCCCCCCCC. The molecule has 194 valence electrons. The highest BCUT2D eigenvalue weighted by molar-refractivity contribution is 5.80. The van der Waals surface area contributed by atoms with E-state index >= 15 is 0 Å². The number of hydrogen-bond donors (Lipinski definition) is 4. The van der Waals surface area contributed by atoms with Crippen molar-refractivity contribution in [1.82, 2.24) is 5.32 Å². The highest BCUT2D eigenvalue weighted by Gasteiger charge is 2.22. The second-order valence-electron chi connectivity index (χ2n) is 9.25. The van der Waals surface area contributed by atoms with Crippen LogP contribution in [0.4, 0.5) is 0 Å². The molecule has 0 radical (unpaired) electrons. The fraction of sp³-hybridized carbons (Fsp3) is 0.821. The third kappa shape index (κ3) is 20.0. The zero-order valence-corrected chi connectivity index (χ0v) is 21.5.